The van der Waals surface area contributed by atoms with Gasteiger partial charge in [-0.15, -0.1) is 17.0 Å². The normalized spacial score (nSPS) is 14.4. The molecule has 0 heterocycles. The molecule has 74 valence electrons. The summed E-state index contributed by atoms with van der Waals surface area (Å²) in [4.78, 5) is 0. The summed E-state index contributed by atoms with van der Waals surface area (Å²) in [5, 5.41) is 12.7. The number of benzene rings is 1. The summed E-state index contributed by atoms with van der Waals surface area (Å²) >= 11 is 0. The van der Waals surface area contributed by atoms with Gasteiger partial charge in [-0.2, -0.15) is 0 Å². The lowest BCUT2D eigenvalue weighted by atomic mass is 10.0. The summed E-state index contributed by atoms with van der Waals surface area (Å²) < 4.78 is 0. The van der Waals surface area contributed by atoms with E-state index in [-0.39, 0.29) is 23.0 Å². The van der Waals surface area contributed by atoms with Crippen molar-refractivity contribution >= 4 is 17.0 Å². The van der Waals surface area contributed by atoms with Crippen LogP contribution in [0.3, 0.4) is 0 Å². The fraction of sp³-hybridized carbons (Fsp3) is 0.400. The molecule has 13 heavy (non-hydrogen) atoms. The zero-order valence-corrected chi connectivity index (χ0v) is 9.61. The zero-order chi connectivity index (χ0) is 8.97. The van der Waals surface area contributed by atoms with E-state index < -0.39 is 6.10 Å². The molecule has 0 aliphatic rings. The number of rotatable bonds is 3. The van der Waals surface area contributed by atoms with Crippen molar-refractivity contribution in [2.45, 2.75) is 19.1 Å². The first kappa shape index (κ1) is 12.6. The maximum absolute atomic E-state index is 9.73. The Hall–Kier alpha value is -0.380. The van der Waals surface area contributed by atoms with Crippen molar-refractivity contribution in [1.29, 1.82) is 0 Å². The van der Waals surface area contributed by atoms with Crippen LogP contribution in [0.5, 0.6) is 0 Å². The summed E-state index contributed by atoms with van der Waals surface area (Å²) in [5.41, 5.74) is 0.958. The number of likely N-dealkylation sites (N-methyl/N-ethyl adjacent to an activating group) is 1. The molecule has 0 radical (unpaired) electrons. The van der Waals surface area contributed by atoms with Crippen molar-refractivity contribution in [3.63, 3.8) is 0 Å². The fourth-order valence-corrected chi connectivity index (χ4v) is 1.10. The molecule has 2 nitrogen and oxygen atoms in total. The Bertz CT molecular complexity index is 228. The van der Waals surface area contributed by atoms with E-state index in [1.54, 1.807) is 0 Å². The number of aliphatic hydroxyl groups is 1. The number of aliphatic hydroxyl groups excluding tert-OH is 1. The molecule has 3 heteroatoms. The zero-order valence-electron chi connectivity index (χ0n) is 7.90. The first-order valence-electron chi connectivity index (χ1n) is 4.16. The van der Waals surface area contributed by atoms with E-state index in [2.05, 4.69) is 5.32 Å². The van der Waals surface area contributed by atoms with Gasteiger partial charge in [-0.3, -0.25) is 0 Å². The van der Waals surface area contributed by atoms with Gasteiger partial charge < -0.3 is 10.4 Å². The highest BCUT2D eigenvalue weighted by Gasteiger charge is 2.12. The van der Waals surface area contributed by atoms with Crippen LogP contribution in [0.25, 0.3) is 0 Å². The molecular formula is C10H16BrNO. The minimum Gasteiger partial charge on any atom is -0.387 e. The molecule has 0 aliphatic heterocycles. The fourth-order valence-electron chi connectivity index (χ4n) is 1.10. The van der Waals surface area contributed by atoms with Gasteiger partial charge in [-0.25, -0.2) is 0 Å². The first-order chi connectivity index (χ1) is 5.75. The third-order valence-corrected chi connectivity index (χ3v) is 2.07. The summed E-state index contributed by atoms with van der Waals surface area (Å²) in [6.45, 7) is 1.96. The Morgan fingerprint density at radius 1 is 1.23 bits per heavy atom. The molecule has 1 rings (SSSR count). The minimum absolute atomic E-state index is 0. The van der Waals surface area contributed by atoms with Gasteiger partial charge >= 0.3 is 0 Å². The quantitative estimate of drug-likeness (QED) is 0.853. The van der Waals surface area contributed by atoms with Crippen LogP contribution >= 0.6 is 17.0 Å². The molecular weight excluding hydrogens is 230 g/mol. The van der Waals surface area contributed by atoms with Gasteiger partial charge in [0.15, 0.2) is 0 Å². The van der Waals surface area contributed by atoms with Crippen LogP contribution in [0, 0.1) is 0 Å². The van der Waals surface area contributed by atoms with Crippen molar-refractivity contribution in [1.82, 2.24) is 5.32 Å². The third kappa shape index (κ3) is 3.46. The average molecular weight is 246 g/mol. The van der Waals surface area contributed by atoms with Gasteiger partial charge in [0.25, 0.3) is 0 Å². The molecule has 1 aromatic carbocycles. The summed E-state index contributed by atoms with van der Waals surface area (Å²) in [6.07, 6.45) is -0.420. The Labute approximate surface area is 89.7 Å². The van der Waals surface area contributed by atoms with Gasteiger partial charge in [0.05, 0.1) is 6.10 Å². The number of halogens is 1. The van der Waals surface area contributed by atoms with Gasteiger partial charge in [0.1, 0.15) is 0 Å². The van der Waals surface area contributed by atoms with Crippen LogP contribution < -0.4 is 5.32 Å². The van der Waals surface area contributed by atoms with Crippen molar-refractivity contribution in [2.24, 2.45) is 0 Å². The first-order valence-corrected chi connectivity index (χ1v) is 4.16. The molecule has 0 aliphatic carbocycles. The molecule has 2 N–H and O–H groups in total. The predicted octanol–water partition coefficient (Wildman–Crippen LogP) is 1.91. The largest absolute Gasteiger partial charge is 0.387 e. The standard InChI is InChI=1S/C10H15NO.BrH/c1-8(11-2)10(12)9-6-4-3-5-7-9;/h3-8,10-12H,1-2H3;1H. The molecule has 0 aromatic heterocycles. The van der Waals surface area contributed by atoms with Gasteiger partial charge in [0, 0.05) is 6.04 Å². The predicted molar refractivity (Wildman–Crippen MR) is 60.2 cm³/mol. The molecule has 0 saturated heterocycles. The number of nitrogens with one attached hydrogen (secondary N) is 1. The third-order valence-electron chi connectivity index (χ3n) is 2.07. The van der Waals surface area contributed by atoms with Crippen LogP contribution in [-0.2, 0) is 0 Å². The Morgan fingerprint density at radius 2 is 1.77 bits per heavy atom. The van der Waals surface area contributed by atoms with Crippen molar-refractivity contribution < 1.29 is 5.11 Å². The van der Waals surface area contributed by atoms with Crippen molar-refractivity contribution in [2.75, 3.05) is 7.05 Å². The second kappa shape index (κ2) is 6.13. The van der Waals surface area contributed by atoms with E-state index in [0.29, 0.717) is 0 Å². The minimum atomic E-state index is -0.420. The average Bonchev–Trinajstić information content (AvgIpc) is 2.17. The van der Waals surface area contributed by atoms with E-state index in [1.165, 1.54) is 0 Å². The van der Waals surface area contributed by atoms with E-state index in [1.807, 2.05) is 44.3 Å². The number of hydrogen-bond donors (Lipinski definition) is 2. The highest BCUT2D eigenvalue weighted by atomic mass is 79.9. The summed E-state index contributed by atoms with van der Waals surface area (Å²) in [6, 6.07) is 9.76. The molecule has 2 unspecified atom stereocenters. The van der Waals surface area contributed by atoms with Crippen LogP contribution in [0.1, 0.15) is 18.6 Å². The monoisotopic (exact) mass is 245 g/mol. The Kier molecular flexibility index (Phi) is 5.95. The molecule has 2 atom stereocenters. The Morgan fingerprint density at radius 3 is 2.23 bits per heavy atom. The lowest BCUT2D eigenvalue weighted by molar-refractivity contribution is 0.140. The van der Waals surface area contributed by atoms with E-state index in [0.717, 1.165) is 5.56 Å². The van der Waals surface area contributed by atoms with E-state index >= 15 is 0 Å². The van der Waals surface area contributed by atoms with Crippen LogP contribution in [0.4, 0.5) is 0 Å². The SMILES string of the molecule is Br.CNC(C)C(O)c1ccccc1. The van der Waals surface area contributed by atoms with Gasteiger partial charge in [0.2, 0.25) is 0 Å². The molecule has 1 aromatic rings. The van der Waals surface area contributed by atoms with Gasteiger partial charge in [-0.05, 0) is 19.5 Å². The van der Waals surface area contributed by atoms with Gasteiger partial charge in [-0.1, -0.05) is 30.3 Å². The molecule has 0 amide bonds. The van der Waals surface area contributed by atoms with Crippen LogP contribution in [-0.4, -0.2) is 18.2 Å². The molecule has 0 bridgehead atoms. The highest BCUT2D eigenvalue weighted by Crippen LogP contribution is 2.15. The number of hydrogen-bond acceptors (Lipinski definition) is 2. The second-order valence-electron chi connectivity index (χ2n) is 2.93. The van der Waals surface area contributed by atoms with Crippen LogP contribution in [0.2, 0.25) is 0 Å². The van der Waals surface area contributed by atoms with Crippen LogP contribution in [0.15, 0.2) is 30.3 Å². The molecule has 0 spiro atoms. The maximum Gasteiger partial charge on any atom is 0.0940 e. The topological polar surface area (TPSA) is 32.3 Å². The second-order valence-corrected chi connectivity index (χ2v) is 2.93. The summed E-state index contributed by atoms with van der Waals surface area (Å²) in [5.74, 6) is 0. The van der Waals surface area contributed by atoms with Crippen molar-refractivity contribution in [3.05, 3.63) is 35.9 Å². The van der Waals surface area contributed by atoms with E-state index in [9.17, 15) is 5.11 Å². The maximum atomic E-state index is 9.73. The van der Waals surface area contributed by atoms with Crippen molar-refractivity contribution in [3.8, 4) is 0 Å². The molecule has 0 fully saturated rings. The molecule has 0 saturated carbocycles. The lowest BCUT2D eigenvalue weighted by Gasteiger charge is -2.17. The lowest BCUT2D eigenvalue weighted by Crippen LogP contribution is -2.28. The highest BCUT2D eigenvalue weighted by molar-refractivity contribution is 8.93. The smallest absolute Gasteiger partial charge is 0.0940 e. The Balaban J connectivity index is 0.00000144. The van der Waals surface area contributed by atoms with E-state index in [4.69, 9.17) is 0 Å². The summed E-state index contributed by atoms with van der Waals surface area (Å²) in [7, 11) is 1.84.